The first-order valence-corrected chi connectivity index (χ1v) is 7.87. The van der Waals surface area contributed by atoms with Gasteiger partial charge < -0.3 is 0 Å². The van der Waals surface area contributed by atoms with E-state index >= 15 is 0 Å². The standard InChI is InChI=1S/C18H20Cl2/c1-3-14-9-5-6-11-16(14)13-18(19,20)17-12-8-7-10-15(17)4-2/h5-12H,3-4,13H2,1-2H3. The molecular formula is C18H20Cl2. The van der Waals surface area contributed by atoms with Gasteiger partial charge >= 0.3 is 0 Å². The third-order valence-corrected chi connectivity index (χ3v) is 4.38. The summed E-state index contributed by atoms with van der Waals surface area (Å²) in [4.78, 5) is 0. The van der Waals surface area contributed by atoms with Gasteiger partial charge in [-0.05, 0) is 35.1 Å². The van der Waals surface area contributed by atoms with Crippen LogP contribution in [-0.2, 0) is 23.6 Å². The van der Waals surface area contributed by atoms with Gasteiger partial charge in [0.05, 0.1) is 0 Å². The Kier molecular flexibility index (Phi) is 5.12. The molecule has 2 aromatic rings. The van der Waals surface area contributed by atoms with Crippen molar-refractivity contribution in [1.82, 2.24) is 0 Å². The van der Waals surface area contributed by atoms with Gasteiger partial charge in [-0.1, -0.05) is 85.6 Å². The van der Waals surface area contributed by atoms with Crippen LogP contribution < -0.4 is 0 Å². The molecule has 2 aromatic carbocycles. The van der Waals surface area contributed by atoms with Crippen molar-refractivity contribution in [2.24, 2.45) is 0 Å². The van der Waals surface area contributed by atoms with Crippen molar-refractivity contribution in [3.8, 4) is 0 Å². The van der Waals surface area contributed by atoms with Gasteiger partial charge in [-0.3, -0.25) is 0 Å². The van der Waals surface area contributed by atoms with E-state index in [1.807, 2.05) is 24.3 Å². The largest absolute Gasteiger partial charge is 0.147 e. The van der Waals surface area contributed by atoms with Gasteiger partial charge in [0.15, 0.2) is 0 Å². The van der Waals surface area contributed by atoms with Crippen LogP contribution in [0.1, 0.15) is 36.1 Å². The minimum Gasteiger partial charge on any atom is -0.0959 e. The van der Waals surface area contributed by atoms with E-state index in [0.717, 1.165) is 18.4 Å². The Hall–Kier alpha value is -0.980. The van der Waals surface area contributed by atoms with E-state index < -0.39 is 4.33 Å². The first kappa shape index (κ1) is 15.4. The van der Waals surface area contributed by atoms with Crippen LogP contribution in [0.3, 0.4) is 0 Å². The lowest BCUT2D eigenvalue weighted by Gasteiger charge is -2.24. The monoisotopic (exact) mass is 306 g/mol. The molecule has 0 aliphatic rings. The topological polar surface area (TPSA) is 0 Å². The molecule has 0 aliphatic heterocycles. The highest BCUT2D eigenvalue weighted by Gasteiger charge is 2.29. The van der Waals surface area contributed by atoms with Gasteiger partial charge in [0.25, 0.3) is 0 Å². The van der Waals surface area contributed by atoms with Crippen LogP contribution in [0.2, 0.25) is 0 Å². The zero-order valence-corrected chi connectivity index (χ0v) is 13.5. The van der Waals surface area contributed by atoms with E-state index in [0.29, 0.717) is 6.42 Å². The number of aryl methyl sites for hydroxylation is 2. The molecule has 2 rings (SSSR count). The molecule has 0 nitrogen and oxygen atoms in total. The molecule has 0 aromatic heterocycles. The number of rotatable bonds is 5. The average Bonchev–Trinajstić information content (AvgIpc) is 2.47. The Morgan fingerprint density at radius 1 is 0.750 bits per heavy atom. The van der Waals surface area contributed by atoms with E-state index in [-0.39, 0.29) is 0 Å². The van der Waals surface area contributed by atoms with E-state index in [1.165, 1.54) is 16.7 Å². The molecule has 0 unspecified atom stereocenters. The Morgan fingerprint density at radius 3 is 1.85 bits per heavy atom. The summed E-state index contributed by atoms with van der Waals surface area (Å²) >= 11 is 13.3. The molecule has 0 heterocycles. The van der Waals surface area contributed by atoms with Gasteiger partial charge in [0, 0.05) is 6.42 Å². The van der Waals surface area contributed by atoms with Crippen LogP contribution in [0, 0.1) is 0 Å². The third kappa shape index (κ3) is 3.37. The molecule has 0 bridgehead atoms. The quantitative estimate of drug-likeness (QED) is 0.623. The van der Waals surface area contributed by atoms with E-state index in [4.69, 9.17) is 23.2 Å². The molecule has 20 heavy (non-hydrogen) atoms. The van der Waals surface area contributed by atoms with Crippen LogP contribution in [0.4, 0.5) is 0 Å². The van der Waals surface area contributed by atoms with E-state index in [1.54, 1.807) is 0 Å². The Bertz CT molecular complexity index is 573. The predicted molar refractivity (Wildman–Crippen MR) is 88.7 cm³/mol. The Balaban J connectivity index is 2.35. The maximum absolute atomic E-state index is 6.67. The van der Waals surface area contributed by atoms with Crippen molar-refractivity contribution in [3.63, 3.8) is 0 Å². The number of benzene rings is 2. The first-order valence-electron chi connectivity index (χ1n) is 7.11. The molecule has 0 fully saturated rings. The predicted octanol–water partition coefficient (Wildman–Crippen LogP) is 5.68. The van der Waals surface area contributed by atoms with Gasteiger partial charge in [-0.25, -0.2) is 0 Å². The maximum Gasteiger partial charge on any atom is 0.147 e. The van der Waals surface area contributed by atoms with Crippen LogP contribution >= 0.6 is 23.2 Å². The van der Waals surface area contributed by atoms with E-state index in [9.17, 15) is 0 Å². The molecule has 0 N–H and O–H groups in total. The van der Waals surface area contributed by atoms with E-state index in [2.05, 4.69) is 38.1 Å². The fourth-order valence-corrected chi connectivity index (χ4v) is 3.25. The molecular weight excluding hydrogens is 287 g/mol. The summed E-state index contributed by atoms with van der Waals surface area (Å²) in [6.45, 7) is 4.28. The normalized spacial score (nSPS) is 11.6. The van der Waals surface area contributed by atoms with Crippen molar-refractivity contribution in [2.45, 2.75) is 37.4 Å². The summed E-state index contributed by atoms with van der Waals surface area (Å²) in [6, 6.07) is 16.5. The molecule has 0 radical (unpaired) electrons. The van der Waals surface area contributed by atoms with Gasteiger partial charge in [-0.2, -0.15) is 0 Å². The number of halogens is 2. The molecule has 106 valence electrons. The minimum atomic E-state index is -0.877. The SMILES string of the molecule is CCc1ccccc1CC(Cl)(Cl)c1ccccc1CC. The van der Waals surface area contributed by atoms with Gasteiger partial charge in [0.1, 0.15) is 4.33 Å². The Labute approximate surface area is 131 Å². The molecule has 0 amide bonds. The summed E-state index contributed by atoms with van der Waals surface area (Å²) in [5.74, 6) is 0. The van der Waals surface area contributed by atoms with Gasteiger partial charge in [0.2, 0.25) is 0 Å². The summed E-state index contributed by atoms with van der Waals surface area (Å²) < 4.78 is -0.877. The van der Waals surface area contributed by atoms with Crippen molar-refractivity contribution >= 4 is 23.2 Å². The second-order valence-electron chi connectivity index (χ2n) is 5.01. The Morgan fingerprint density at radius 2 is 1.25 bits per heavy atom. The molecule has 0 spiro atoms. The smallest absolute Gasteiger partial charge is 0.0959 e. The van der Waals surface area contributed by atoms with Crippen LogP contribution in [0.5, 0.6) is 0 Å². The fraction of sp³-hybridized carbons (Fsp3) is 0.333. The fourth-order valence-electron chi connectivity index (χ4n) is 2.59. The summed E-state index contributed by atoms with van der Waals surface area (Å²) in [6.07, 6.45) is 2.57. The number of hydrogen-bond acceptors (Lipinski definition) is 0. The lowest BCUT2D eigenvalue weighted by molar-refractivity contribution is 0.809. The van der Waals surface area contributed by atoms with Crippen molar-refractivity contribution in [2.75, 3.05) is 0 Å². The molecule has 0 saturated heterocycles. The summed E-state index contributed by atoms with van der Waals surface area (Å²) in [5.41, 5.74) is 4.78. The maximum atomic E-state index is 6.67. The number of alkyl halides is 2. The highest BCUT2D eigenvalue weighted by Crippen LogP contribution is 2.40. The van der Waals surface area contributed by atoms with Crippen LogP contribution in [0.15, 0.2) is 48.5 Å². The third-order valence-electron chi connectivity index (χ3n) is 3.70. The highest BCUT2D eigenvalue weighted by atomic mass is 35.5. The summed E-state index contributed by atoms with van der Waals surface area (Å²) in [5, 5.41) is 0. The molecule has 2 heteroatoms. The lowest BCUT2D eigenvalue weighted by atomic mass is 9.94. The zero-order chi connectivity index (χ0) is 14.6. The van der Waals surface area contributed by atoms with Crippen molar-refractivity contribution in [1.29, 1.82) is 0 Å². The highest BCUT2D eigenvalue weighted by molar-refractivity contribution is 6.48. The van der Waals surface area contributed by atoms with Gasteiger partial charge in [-0.15, -0.1) is 0 Å². The average molecular weight is 307 g/mol. The van der Waals surface area contributed by atoms with Crippen molar-refractivity contribution < 1.29 is 0 Å². The lowest BCUT2D eigenvalue weighted by Crippen LogP contribution is -2.17. The minimum absolute atomic E-state index is 0.636. The molecule has 0 atom stereocenters. The first-order chi connectivity index (χ1) is 9.58. The number of hydrogen-bond donors (Lipinski definition) is 0. The second kappa shape index (κ2) is 6.65. The molecule has 0 aliphatic carbocycles. The van der Waals surface area contributed by atoms with Crippen LogP contribution in [-0.4, -0.2) is 0 Å². The second-order valence-corrected chi connectivity index (χ2v) is 6.50. The van der Waals surface area contributed by atoms with Crippen molar-refractivity contribution in [3.05, 3.63) is 70.8 Å². The van der Waals surface area contributed by atoms with Crippen LogP contribution in [0.25, 0.3) is 0 Å². The zero-order valence-electron chi connectivity index (χ0n) is 12.0. The summed E-state index contributed by atoms with van der Waals surface area (Å²) in [7, 11) is 0. The molecule has 0 saturated carbocycles.